The largest absolute Gasteiger partial charge is 0.341 e. The molecule has 2 aromatic rings. The molecule has 0 aliphatic rings. The number of carbonyl (C=O) groups is 1. The third-order valence-corrected chi connectivity index (χ3v) is 4.13. The van der Waals surface area contributed by atoms with Crippen molar-refractivity contribution >= 4 is 21.8 Å². The zero-order chi connectivity index (χ0) is 14.5. The Hall–Kier alpha value is -1.68. The minimum absolute atomic E-state index is 0.0414. The zero-order valence-electron chi connectivity index (χ0n) is 11.6. The Morgan fingerprint density at radius 1 is 1.25 bits per heavy atom. The molecule has 0 saturated heterocycles. The van der Waals surface area contributed by atoms with Gasteiger partial charge in [-0.3, -0.25) is 9.78 Å². The van der Waals surface area contributed by atoms with E-state index >= 15 is 0 Å². The Kier molecular flexibility index (Phi) is 4.90. The van der Waals surface area contributed by atoms with Crippen molar-refractivity contribution in [3.8, 4) is 0 Å². The molecule has 0 N–H and O–H groups in total. The molecular formula is C16H17BrN2O. The molecule has 0 aliphatic carbocycles. The number of pyridine rings is 1. The van der Waals surface area contributed by atoms with Gasteiger partial charge in [-0.25, -0.2) is 0 Å². The SMILES string of the molecule is Cc1c(Br)cccc1C(=O)N(C)CCc1ccccn1. The van der Waals surface area contributed by atoms with Crippen LogP contribution in [0.4, 0.5) is 0 Å². The van der Waals surface area contributed by atoms with E-state index in [1.807, 2.05) is 50.4 Å². The molecule has 0 atom stereocenters. The topological polar surface area (TPSA) is 33.2 Å². The van der Waals surface area contributed by atoms with Gasteiger partial charge in [0.05, 0.1) is 0 Å². The third kappa shape index (κ3) is 3.45. The number of hydrogen-bond acceptors (Lipinski definition) is 2. The van der Waals surface area contributed by atoms with Crippen LogP contribution in [0.15, 0.2) is 47.1 Å². The Labute approximate surface area is 127 Å². The first-order chi connectivity index (χ1) is 9.59. The van der Waals surface area contributed by atoms with Gasteiger partial charge >= 0.3 is 0 Å². The lowest BCUT2D eigenvalue weighted by Gasteiger charge is -2.18. The van der Waals surface area contributed by atoms with Crippen LogP contribution < -0.4 is 0 Å². The molecule has 0 spiro atoms. The second kappa shape index (κ2) is 6.66. The van der Waals surface area contributed by atoms with E-state index in [-0.39, 0.29) is 5.91 Å². The monoisotopic (exact) mass is 332 g/mol. The van der Waals surface area contributed by atoms with E-state index in [1.54, 1.807) is 11.1 Å². The van der Waals surface area contributed by atoms with Crippen molar-refractivity contribution in [3.63, 3.8) is 0 Å². The summed E-state index contributed by atoms with van der Waals surface area (Å²) in [6.45, 7) is 2.60. The molecule has 1 amide bonds. The van der Waals surface area contributed by atoms with Gasteiger partial charge in [0.2, 0.25) is 0 Å². The number of nitrogens with zero attached hydrogens (tertiary/aromatic N) is 2. The molecule has 1 aromatic heterocycles. The van der Waals surface area contributed by atoms with Crippen molar-refractivity contribution in [2.24, 2.45) is 0 Å². The van der Waals surface area contributed by atoms with Crippen LogP contribution >= 0.6 is 15.9 Å². The number of aromatic nitrogens is 1. The van der Waals surface area contributed by atoms with Crippen molar-refractivity contribution < 1.29 is 4.79 Å². The van der Waals surface area contributed by atoms with Crippen LogP contribution in [0.1, 0.15) is 21.6 Å². The maximum atomic E-state index is 12.4. The minimum atomic E-state index is 0.0414. The average molecular weight is 333 g/mol. The highest BCUT2D eigenvalue weighted by atomic mass is 79.9. The molecule has 0 bridgehead atoms. The zero-order valence-corrected chi connectivity index (χ0v) is 13.2. The summed E-state index contributed by atoms with van der Waals surface area (Å²) >= 11 is 3.46. The fraction of sp³-hybridized carbons (Fsp3) is 0.250. The van der Waals surface area contributed by atoms with Gasteiger partial charge in [-0.1, -0.05) is 28.1 Å². The normalized spacial score (nSPS) is 10.3. The summed E-state index contributed by atoms with van der Waals surface area (Å²) in [5.41, 5.74) is 2.71. The molecule has 3 nitrogen and oxygen atoms in total. The van der Waals surface area contributed by atoms with Crippen LogP contribution in [0.2, 0.25) is 0 Å². The van der Waals surface area contributed by atoms with Gasteiger partial charge in [-0.15, -0.1) is 0 Å². The molecule has 104 valence electrons. The number of hydrogen-bond donors (Lipinski definition) is 0. The second-order valence-corrected chi connectivity index (χ2v) is 5.56. The number of likely N-dealkylation sites (N-methyl/N-ethyl adjacent to an activating group) is 1. The Morgan fingerprint density at radius 3 is 2.75 bits per heavy atom. The smallest absolute Gasteiger partial charge is 0.253 e. The Morgan fingerprint density at radius 2 is 2.05 bits per heavy atom. The van der Waals surface area contributed by atoms with Crippen molar-refractivity contribution in [1.82, 2.24) is 9.88 Å². The van der Waals surface area contributed by atoms with E-state index in [9.17, 15) is 4.79 Å². The van der Waals surface area contributed by atoms with Gasteiger partial charge in [0.25, 0.3) is 5.91 Å². The highest BCUT2D eigenvalue weighted by Gasteiger charge is 2.15. The number of halogens is 1. The van der Waals surface area contributed by atoms with Crippen LogP contribution in [0.5, 0.6) is 0 Å². The fourth-order valence-electron chi connectivity index (χ4n) is 1.97. The summed E-state index contributed by atoms with van der Waals surface area (Å²) in [6.07, 6.45) is 2.53. The average Bonchev–Trinajstić information content (AvgIpc) is 2.48. The second-order valence-electron chi connectivity index (χ2n) is 4.71. The van der Waals surface area contributed by atoms with E-state index < -0.39 is 0 Å². The molecule has 0 saturated carbocycles. The highest BCUT2D eigenvalue weighted by Crippen LogP contribution is 2.20. The lowest BCUT2D eigenvalue weighted by molar-refractivity contribution is 0.0795. The number of rotatable bonds is 4. The van der Waals surface area contributed by atoms with Crippen LogP contribution in [0.3, 0.4) is 0 Å². The fourth-order valence-corrected chi connectivity index (χ4v) is 2.34. The predicted molar refractivity (Wildman–Crippen MR) is 83.8 cm³/mol. The van der Waals surface area contributed by atoms with E-state index in [0.717, 1.165) is 27.7 Å². The van der Waals surface area contributed by atoms with E-state index in [1.165, 1.54) is 0 Å². The molecule has 0 aliphatic heterocycles. The van der Waals surface area contributed by atoms with Gasteiger partial charge in [-0.05, 0) is 36.8 Å². The number of carbonyl (C=O) groups excluding carboxylic acids is 1. The Bertz CT molecular complexity index is 599. The summed E-state index contributed by atoms with van der Waals surface area (Å²) in [7, 11) is 1.83. The first-order valence-electron chi connectivity index (χ1n) is 6.50. The maximum Gasteiger partial charge on any atom is 0.253 e. The van der Waals surface area contributed by atoms with Crippen molar-refractivity contribution in [2.75, 3.05) is 13.6 Å². The van der Waals surface area contributed by atoms with Crippen LogP contribution in [0, 0.1) is 6.92 Å². The minimum Gasteiger partial charge on any atom is -0.341 e. The first-order valence-corrected chi connectivity index (χ1v) is 7.29. The van der Waals surface area contributed by atoms with E-state index in [2.05, 4.69) is 20.9 Å². The van der Waals surface area contributed by atoms with Gasteiger partial charge < -0.3 is 4.90 Å². The summed E-state index contributed by atoms with van der Waals surface area (Å²) in [6, 6.07) is 11.5. The molecule has 4 heteroatoms. The summed E-state index contributed by atoms with van der Waals surface area (Å²) < 4.78 is 0.960. The van der Waals surface area contributed by atoms with Gasteiger partial charge in [0.1, 0.15) is 0 Å². The van der Waals surface area contributed by atoms with Crippen LogP contribution in [-0.2, 0) is 6.42 Å². The molecular weight excluding hydrogens is 316 g/mol. The lowest BCUT2D eigenvalue weighted by Crippen LogP contribution is -2.29. The van der Waals surface area contributed by atoms with Gasteiger partial charge in [0.15, 0.2) is 0 Å². The first kappa shape index (κ1) is 14.7. The van der Waals surface area contributed by atoms with Crippen LogP contribution in [0.25, 0.3) is 0 Å². The molecule has 1 heterocycles. The predicted octanol–water partition coefficient (Wildman–Crippen LogP) is 3.47. The molecule has 20 heavy (non-hydrogen) atoms. The molecule has 0 unspecified atom stereocenters. The van der Waals surface area contributed by atoms with Crippen molar-refractivity contribution in [3.05, 3.63) is 63.9 Å². The summed E-state index contributed by atoms with van der Waals surface area (Å²) in [5.74, 6) is 0.0414. The summed E-state index contributed by atoms with van der Waals surface area (Å²) in [4.78, 5) is 18.4. The number of amides is 1. The summed E-state index contributed by atoms with van der Waals surface area (Å²) in [5, 5.41) is 0. The lowest BCUT2D eigenvalue weighted by atomic mass is 10.1. The third-order valence-electron chi connectivity index (χ3n) is 3.27. The van der Waals surface area contributed by atoms with Crippen molar-refractivity contribution in [2.45, 2.75) is 13.3 Å². The van der Waals surface area contributed by atoms with E-state index in [0.29, 0.717) is 6.54 Å². The van der Waals surface area contributed by atoms with Gasteiger partial charge in [0, 0.05) is 41.9 Å². The van der Waals surface area contributed by atoms with Gasteiger partial charge in [-0.2, -0.15) is 0 Å². The molecule has 0 fully saturated rings. The molecule has 0 radical (unpaired) electrons. The van der Waals surface area contributed by atoms with Crippen molar-refractivity contribution in [1.29, 1.82) is 0 Å². The number of benzene rings is 1. The molecule has 2 rings (SSSR count). The maximum absolute atomic E-state index is 12.4. The van der Waals surface area contributed by atoms with Crippen LogP contribution in [-0.4, -0.2) is 29.4 Å². The standard InChI is InChI=1S/C16H17BrN2O/c1-12-14(7-5-8-15(12)17)16(20)19(2)11-9-13-6-3-4-10-18-13/h3-8,10H,9,11H2,1-2H3. The molecule has 1 aromatic carbocycles. The van der Waals surface area contributed by atoms with E-state index in [4.69, 9.17) is 0 Å². The highest BCUT2D eigenvalue weighted by molar-refractivity contribution is 9.10. The quantitative estimate of drug-likeness (QED) is 0.858. The Balaban J connectivity index is 2.04.